The van der Waals surface area contributed by atoms with Crippen LogP contribution in [0.2, 0.25) is 0 Å². The summed E-state index contributed by atoms with van der Waals surface area (Å²) >= 11 is 3.51. The smallest absolute Gasteiger partial charge is 0.194 e. The highest BCUT2D eigenvalue weighted by atomic mass is 79.9. The van der Waals surface area contributed by atoms with Crippen LogP contribution in [0.3, 0.4) is 0 Å². The van der Waals surface area contributed by atoms with Gasteiger partial charge in [0.2, 0.25) is 0 Å². The van der Waals surface area contributed by atoms with Crippen LogP contribution in [0.4, 0.5) is 0 Å². The van der Waals surface area contributed by atoms with Crippen molar-refractivity contribution in [3.63, 3.8) is 0 Å². The molecule has 0 aliphatic carbocycles. The Kier molecular flexibility index (Phi) is 7.38. The van der Waals surface area contributed by atoms with Crippen molar-refractivity contribution in [3.05, 3.63) is 46.2 Å². The number of hydrogen-bond donors (Lipinski definition) is 1. The van der Waals surface area contributed by atoms with Gasteiger partial charge in [-0.05, 0) is 46.6 Å². The lowest BCUT2D eigenvalue weighted by molar-refractivity contribution is 0.310. The Balaban J connectivity index is 2.01. The normalized spacial score (nSPS) is 11.4. The van der Waals surface area contributed by atoms with Crippen LogP contribution in [-0.4, -0.2) is 43.2 Å². The lowest BCUT2D eigenvalue weighted by Crippen LogP contribution is -2.38. The molecule has 1 heterocycles. The van der Waals surface area contributed by atoms with Crippen molar-refractivity contribution in [2.75, 3.05) is 27.8 Å². The third kappa shape index (κ3) is 5.17. The van der Waals surface area contributed by atoms with Gasteiger partial charge in [-0.15, -0.1) is 0 Å². The molecule has 0 aliphatic rings. The fourth-order valence-corrected chi connectivity index (χ4v) is 3.28. The summed E-state index contributed by atoms with van der Waals surface area (Å²) < 4.78 is 14.2. The van der Waals surface area contributed by atoms with Crippen LogP contribution in [0.25, 0.3) is 0 Å². The molecule has 0 amide bonds. The highest BCUT2D eigenvalue weighted by molar-refractivity contribution is 9.10. The van der Waals surface area contributed by atoms with Gasteiger partial charge in [-0.1, -0.05) is 6.07 Å². The molecule has 0 unspecified atom stereocenters. The van der Waals surface area contributed by atoms with Gasteiger partial charge in [0.05, 0.1) is 20.3 Å². The van der Waals surface area contributed by atoms with E-state index in [4.69, 9.17) is 9.47 Å². The predicted octanol–water partition coefficient (Wildman–Crippen LogP) is 3.40. The van der Waals surface area contributed by atoms with Gasteiger partial charge in [0.1, 0.15) is 0 Å². The second kappa shape index (κ2) is 9.52. The van der Waals surface area contributed by atoms with Gasteiger partial charge in [-0.25, -0.2) is 0 Å². The monoisotopic (exact) mass is 422 g/mol. The van der Waals surface area contributed by atoms with Gasteiger partial charge >= 0.3 is 0 Å². The molecule has 0 spiro atoms. The average molecular weight is 423 g/mol. The summed E-state index contributed by atoms with van der Waals surface area (Å²) in [6.07, 6.45) is 2.05. The van der Waals surface area contributed by atoms with E-state index in [2.05, 4.69) is 41.8 Å². The first-order valence-corrected chi connectivity index (χ1v) is 9.30. The SMILES string of the molecule is CCOc1ccc(CNC(=NC)N(C)Cc2cc(Br)cn2C)cc1OC. The Morgan fingerprint density at radius 2 is 2.08 bits per heavy atom. The zero-order valence-corrected chi connectivity index (χ0v) is 17.6. The number of benzene rings is 1. The van der Waals surface area contributed by atoms with Crippen molar-refractivity contribution in [3.8, 4) is 11.5 Å². The summed E-state index contributed by atoms with van der Waals surface area (Å²) in [6.45, 7) is 3.98. The summed E-state index contributed by atoms with van der Waals surface area (Å²) in [5.41, 5.74) is 2.30. The molecule has 0 fully saturated rings. The molecule has 7 heteroatoms. The average Bonchev–Trinajstić information content (AvgIpc) is 2.93. The number of halogens is 1. The minimum atomic E-state index is 0.612. The van der Waals surface area contributed by atoms with E-state index in [1.54, 1.807) is 14.2 Å². The first kappa shape index (κ1) is 20.2. The standard InChI is InChI=1S/C19H27BrN4O2/c1-6-26-17-8-7-14(9-18(17)25-5)11-22-19(21-2)24(4)13-16-10-15(20)12-23(16)3/h7-10,12H,6,11,13H2,1-5H3,(H,21,22). The number of rotatable bonds is 7. The summed E-state index contributed by atoms with van der Waals surface area (Å²) in [7, 11) is 7.50. The number of methoxy groups -OCH3 is 1. The molecule has 0 saturated carbocycles. The molecule has 0 atom stereocenters. The van der Waals surface area contributed by atoms with Gasteiger partial charge in [0.25, 0.3) is 0 Å². The van der Waals surface area contributed by atoms with Gasteiger partial charge in [-0.2, -0.15) is 0 Å². The third-order valence-electron chi connectivity index (χ3n) is 4.03. The molecular formula is C19H27BrN4O2. The topological polar surface area (TPSA) is 51.0 Å². The second-order valence-electron chi connectivity index (χ2n) is 5.94. The molecule has 1 aromatic carbocycles. The fourth-order valence-electron chi connectivity index (χ4n) is 2.70. The number of nitrogens with one attached hydrogen (secondary N) is 1. The highest BCUT2D eigenvalue weighted by Crippen LogP contribution is 2.28. The maximum absolute atomic E-state index is 5.56. The van der Waals surface area contributed by atoms with Crippen molar-refractivity contribution in [1.29, 1.82) is 0 Å². The van der Waals surface area contributed by atoms with Crippen molar-refractivity contribution < 1.29 is 9.47 Å². The van der Waals surface area contributed by atoms with E-state index < -0.39 is 0 Å². The first-order chi connectivity index (χ1) is 12.5. The molecule has 26 heavy (non-hydrogen) atoms. The van der Waals surface area contributed by atoms with Crippen LogP contribution in [0, 0.1) is 0 Å². The zero-order valence-electron chi connectivity index (χ0n) is 16.0. The number of ether oxygens (including phenoxy) is 2. The number of aliphatic imine (C=N–C) groups is 1. The van der Waals surface area contributed by atoms with Crippen molar-refractivity contribution in [2.45, 2.75) is 20.0 Å². The highest BCUT2D eigenvalue weighted by Gasteiger charge is 2.11. The van der Waals surface area contributed by atoms with E-state index in [9.17, 15) is 0 Å². The molecule has 0 aliphatic heterocycles. The molecule has 1 aromatic heterocycles. The minimum Gasteiger partial charge on any atom is -0.493 e. The van der Waals surface area contributed by atoms with Gasteiger partial charge in [0, 0.05) is 44.1 Å². The van der Waals surface area contributed by atoms with E-state index in [0.717, 1.165) is 34.0 Å². The Morgan fingerprint density at radius 3 is 2.65 bits per heavy atom. The molecule has 6 nitrogen and oxygen atoms in total. The number of hydrogen-bond acceptors (Lipinski definition) is 3. The first-order valence-electron chi connectivity index (χ1n) is 8.50. The maximum Gasteiger partial charge on any atom is 0.194 e. The van der Waals surface area contributed by atoms with Crippen LogP contribution in [0.15, 0.2) is 39.9 Å². The van der Waals surface area contributed by atoms with E-state index in [1.807, 2.05) is 45.4 Å². The summed E-state index contributed by atoms with van der Waals surface area (Å²) in [5, 5.41) is 3.39. The zero-order chi connectivity index (χ0) is 19.1. The Hall–Kier alpha value is -2.15. The van der Waals surface area contributed by atoms with Crippen LogP contribution >= 0.6 is 15.9 Å². The third-order valence-corrected chi connectivity index (χ3v) is 4.46. The minimum absolute atomic E-state index is 0.612. The van der Waals surface area contributed by atoms with Crippen LogP contribution < -0.4 is 14.8 Å². The van der Waals surface area contributed by atoms with Crippen molar-refractivity contribution in [1.82, 2.24) is 14.8 Å². The van der Waals surface area contributed by atoms with E-state index in [1.165, 1.54) is 5.69 Å². The number of guanidine groups is 1. The molecule has 0 saturated heterocycles. The summed E-state index contributed by atoms with van der Waals surface area (Å²) in [6, 6.07) is 8.07. The van der Waals surface area contributed by atoms with E-state index in [0.29, 0.717) is 13.2 Å². The number of aromatic nitrogens is 1. The Morgan fingerprint density at radius 1 is 1.31 bits per heavy atom. The molecule has 2 rings (SSSR count). The van der Waals surface area contributed by atoms with Crippen LogP contribution in [0.1, 0.15) is 18.2 Å². The van der Waals surface area contributed by atoms with E-state index >= 15 is 0 Å². The fraction of sp³-hybridized carbons (Fsp3) is 0.421. The largest absolute Gasteiger partial charge is 0.493 e. The number of aryl methyl sites for hydroxylation is 1. The molecule has 0 radical (unpaired) electrons. The van der Waals surface area contributed by atoms with Crippen LogP contribution in [-0.2, 0) is 20.1 Å². The van der Waals surface area contributed by atoms with Crippen molar-refractivity contribution >= 4 is 21.9 Å². The summed E-state index contributed by atoms with van der Waals surface area (Å²) in [4.78, 5) is 6.47. The lowest BCUT2D eigenvalue weighted by atomic mass is 10.2. The van der Waals surface area contributed by atoms with Gasteiger partial charge in [-0.3, -0.25) is 4.99 Å². The maximum atomic E-state index is 5.56. The second-order valence-corrected chi connectivity index (χ2v) is 6.85. The van der Waals surface area contributed by atoms with Gasteiger partial charge < -0.3 is 24.3 Å². The Bertz CT molecular complexity index is 758. The van der Waals surface area contributed by atoms with Crippen LogP contribution in [0.5, 0.6) is 11.5 Å². The lowest BCUT2D eigenvalue weighted by Gasteiger charge is -2.22. The Labute approximate surface area is 163 Å². The predicted molar refractivity (Wildman–Crippen MR) is 109 cm³/mol. The number of nitrogens with zero attached hydrogens (tertiary/aromatic N) is 3. The molecular weight excluding hydrogens is 396 g/mol. The van der Waals surface area contributed by atoms with E-state index in [-0.39, 0.29) is 0 Å². The molecule has 0 bridgehead atoms. The van der Waals surface area contributed by atoms with Crippen molar-refractivity contribution in [2.24, 2.45) is 12.0 Å². The molecule has 2 aromatic rings. The molecule has 142 valence electrons. The van der Waals surface area contributed by atoms with Gasteiger partial charge in [0.15, 0.2) is 17.5 Å². The quantitative estimate of drug-likeness (QED) is 0.548. The molecule has 1 N–H and O–H groups in total. The summed E-state index contributed by atoms with van der Waals surface area (Å²) in [5.74, 6) is 2.33.